The van der Waals surface area contributed by atoms with E-state index in [9.17, 15) is 0 Å². The molecule has 1 N–H and O–H groups in total. The van der Waals surface area contributed by atoms with Crippen LogP contribution in [-0.4, -0.2) is 11.6 Å². The summed E-state index contributed by atoms with van der Waals surface area (Å²) in [6.07, 6.45) is 1.73. The van der Waals surface area contributed by atoms with E-state index in [0.29, 0.717) is 13.2 Å². The van der Waals surface area contributed by atoms with Gasteiger partial charge in [0.05, 0.1) is 19.3 Å². The van der Waals surface area contributed by atoms with Crippen LogP contribution in [0.2, 0.25) is 0 Å². The standard InChI is InChI=1S/C14H18N2O2/c1-3-17-13-6-4-12(5-7-13)9-15-10-14-16-8-11(2)18-14/h4-8,15H,3,9-10H2,1-2H3. The largest absolute Gasteiger partial charge is 0.494 e. The van der Waals surface area contributed by atoms with E-state index < -0.39 is 0 Å². The molecule has 2 rings (SSSR count). The molecule has 0 amide bonds. The van der Waals surface area contributed by atoms with Gasteiger partial charge in [-0.15, -0.1) is 0 Å². The topological polar surface area (TPSA) is 47.3 Å². The molecule has 0 bridgehead atoms. The van der Waals surface area contributed by atoms with Crippen molar-refractivity contribution in [2.45, 2.75) is 26.9 Å². The second-order valence-corrected chi connectivity index (χ2v) is 4.05. The van der Waals surface area contributed by atoms with Gasteiger partial charge in [0.15, 0.2) is 0 Å². The van der Waals surface area contributed by atoms with E-state index in [1.807, 2.05) is 26.0 Å². The summed E-state index contributed by atoms with van der Waals surface area (Å²) in [5, 5.41) is 3.29. The summed E-state index contributed by atoms with van der Waals surface area (Å²) in [5.41, 5.74) is 1.21. The summed E-state index contributed by atoms with van der Waals surface area (Å²) in [6.45, 7) is 5.99. The van der Waals surface area contributed by atoms with Gasteiger partial charge in [-0.25, -0.2) is 4.98 Å². The highest BCUT2D eigenvalue weighted by Gasteiger charge is 2.00. The third-order valence-corrected chi connectivity index (χ3v) is 2.51. The van der Waals surface area contributed by atoms with Crippen molar-refractivity contribution in [1.82, 2.24) is 10.3 Å². The van der Waals surface area contributed by atoms with Crippen LogP contribution in [0.25, 0.3) is 0 Å². The Labute approximate surface area is 107 Å². The minimum absolute atomic E-state index is 0.640. The first-order valence-corrected chi connectivity index (χ1v) is 6.11. The lowest BCUT2D eigenvalue weighted by atomic mass is 10.2. The predicted molar refractivity (Wildman–Crippen MR) is 69.4 cm³/mol. The van der Waals surface area contributed by atoms with Crippen molar-refractivity contribution in [3.63, 3.8) is 0 Å². The molecule has 4 heteroatoms. The van der Waals surface area contributed by atoms with Gasteiger partial charge in [-0.1, -0.05) is 12.1 Å². The van der Waals surface area contributed by atoms with Gasteiger partial charge in [0, 0.05) is 6.54 Å². The molecule has 0 unspecified atom stereocenters. The molecule has 1 aromatic heterocycles. The molecule has 0 saturated carbocycles. The highest BCUT2D eigenvalue weighted by Crippen LogP contribution is 2.12. The van der Waals surface area contributed by atoms with E-state index in [4.69, 9.17) is 9.15 Å². The Bertz CT molecular complexity index is 477. The lowest BCUT2D eigenvalue weighted by molar-refractivity contribution is 0.340. The van der Waals surface area contributed by atoms with Gasteiger partial charge < -0.3 is 14.5 Å². The monoisotopic (exact) mass is 246 g/mol. The minimum atomic E-state index is 0.640. The van der Waals surface area contributed by atoms with Gasteiger partial charge in [-0.3, -0.25) is 0 Å². The highest BCUT2D eigenvalue weighted by molar-refractivity contribution is 5.27. The molecule has 18 heavy (non-hydrogen) atoms. The molecular weight excluding hydrogens is 228 g/mol. The van der Waals surface area contributed by atoms with Crippen LogP contribution in [0.5, 0.6) is 5.75 Å². The van der Waals surface area contributed by atoms with Gasteiger partial charge in [0.1, 0.15) is 11.5 Å². The molecule has 0 saturated heterocycles. The number of nitrogens with one attached hydrogen (secondary N) is 1. The number of nitrogens with zero attached hydrogens (tertiary/aromatic N) is 1. The second-order valence-electron chi connectivity index (χ2n) is 4.05. The second kappa shape index (κ2) is 6.21. The molecule has 4 nitrogen and oxygen atoms in total. The quantitative estimate of drug-likeness (QED) is 0.851. The first-order valence-electron chi connectivity index (χ1n) is 6.11. The summed E-state index contributed by atoms with van der Waals surface area (Å²) in [6, 6.07) is 8.07. The van der Waals surface area contributed by atoms with E-state index >= 15 is 0 Å². The van der Waals surface area contributed by atoms with Crippen molar-refractivity contribution in [2.75, 3.05) is 6.61 Å². The lowest BCUT2D eigenvalue weighted by Crippen LogP contribution is -2.12. The Balaban J connectivity index is 1.79. The average Bonchev–Trinajstić information content (AvgIpc) is 2.78. The highest BCUT2D eigenvalue weighted by atomic mass is 16.5. The van der Waals surface area contributed by atoms with Crippen LogP contribution in [0.1, 0.15) is 24.1 Å². The van der Waals surface area contributed by atoms with Gasteiger partial charge in [-0.05, 0) is 31.5 Å². The molecule has 0 radical (unpaired) electrons. The maximum absolute atomic E-state index is 5.39. The van der Waals surface area contributed by atoms with Crippen LogP contribution in [0.4, 0.5) is 0 Å². The maximum Gasteiger partial charge on any atom is 0.208 e. The fraction of sp³-hybridized carbons (Fsp3) is 0.357. The fourth-order valence-electron chi connectivity index (χ4n) is 1.67. The van der Waals surface area contributed by atoms with Gasteiger partial charge in [0.2, 0.25) is 5.89 Å². The number of hydrogen-bond donors (Lipinski definition) is 1. The fourth-order valence-corrected chi connectivity index (χ4v) is 1.67. The average molecular weight is 246 g/mol. The number of hydrogen-bond acceptors (Lipinski definition) is 4. The number of aryl methyl sites for hydroxylation is 1. The van der Waals surface area contributed by atoms with E-state index in [1.54, 1.807) is 6.20 Å². The Hall–Kier alpha value is -1.81. The number of rotatable bonds is 6. The number of aromatic nitrogens is 1. The molecule has 0 fully saturated rings. The summed E-state index contributed by atoms with van der Waals surface area (Å²) in [7, 11) is 0. The molecule has 0 aliphatic rings. The molecule has 96 valence electrons. The van der Waals surface area contributed by atoms with E-state index in [0.717, 1.165) is 23.9 Å². The van der Waals surface area contributed by atoms with E-state index in [-0.39, 0.29) is 0 Å². The van der Waals surface area contributed by atoms with Crippen molar-refractivity contribution < 1.29 is 9.15 Å². The van der Waals surface area contributed by atoms with Crippen LogP contribution >= 0.6 is 0 Å². The molecule has 2 aromatic rings. The first-order chi connectivity index (χ1) is 8.78. The van der Waals surface area contributed by atoms with Gasteiger partial charge >= 0.3 is 0 Å². The van der Waals surface area contributed by atoms with Crippen molar-refractivity contribution in [3.8, 4) is 5.75 Å². The molecule has 0 aliphatic heterocycles. The Morgan fingerprint density at radius 3 is 2.61 bits per heavy atom. The van der Waals surface area contributed by atoms with Crippen molar-refractivity contribution in [3.05, 3.63) is 47.7 Å². The van der Waals surface area contributed by atoms with Gasteiger partial charge in [0.25, 0.3) is 0 Å². The summed E-state index contributed by atoms with van der Waals surface area (Å²) in [5.74, 6) is 2.47. The number of benzene rings is 1. The Kier molecular flexibility index (Phi) is 4.36. The van der Waals surface area contributed by atoms with Crippen LogP contribution in [0.15, 0.2) is 34.9 Å². The molecule has 1 heterocycles. The minimum Gasteiger partial charge on any atom is -0.494 e. The van der Waals surface area contributed by atoms with Crippen LogP contribution < -0.4 is 10.1 Å². The SMILES string of the molecule is CCOc1ccc(CNCc2ncc(C)o2)cc1. The zero-order valence-corrected chi connectivity index (χ0v) is 10.8. The molecule has 0 aliphatic carbocycles. The normalized spacial score (nSPS) is 10.6. The summed E-state index contributed by atoms with van der Waals surface area (Å²) < 4.78 is 10.8. The van der Waals surface area contributed by atoms with Crippen molar-refractivity contribution >= 4 is 0 Å². The van der Waals surface area contributed by atoms with E-state index in [2.05, 4.69) is 22.4 Å². The van der Waals surface area contributed by atoms with Gasteiger partial charge in [-0.2, -0.15) is 0 Å². The predicted octanol–water partition coefficient (Wildman–Crippen LogP) is 2.67. The third-order valence-electron chi connectivity index (χ3n) is 2.51. The number of ether oxygens (including phenoxy) is 1. The first kappa shape index (κ1) is 12.6. The summed E-state index contributed by atoms with van der Waals surface area (Å²) in [4.78, 5) is 4.14. The number of oxazole rings is 1. The summed E-state index contributed by atoms with van der Waals surface area (Å²) >= 11 is 0. The maximum atomic E-state index is 5.39. The molecule has 0 atom stereocenters. The molecule has 1 aromatic carbocycles. The van der Waals surface area contributed by atoms with Crippen LogP contribution in [-0.2, 0) is 13.1 Å². The van der Waals surface area contributed by atoms with E-state index in [1.165, 1.54) is 5.56 Å². The van der Waals surface area contributed by atoms with Crippen molar-refractivity contribution in [2.24, 2.45) is 0 Å². The van der Waals surface area contributed by atoms with Crippen LogP contribution in [0.3, 0.4) is 0 Å². The van der Waals surface area contributed by atoms with Crippen LogP contribution in [0, 0.1) is 6.92 Å². The smallest absolute Gasteiger partial charge is 0.208 e. The lowest BCUT2D eigenvalue weighted by Gasteiger charge is -2.05. The Morgan fingerprint density at radius 1 is 1.22 bits per heavy atom. The third kappa shape index (κ3) is 3.60. The zero-order chi connectivity index (χ0) is 12.8. The Morgan fingerprint density at radius 2 is 2.00 bits per heavy atom. The van der Waals surface area contributed by atoms with Crippen molar-refractivity contribution in [1.29, 1.82) is 0 Å². The molecular formula is C14H18N2O2. The molecule has 0 spiro atoms. The zero-order valence-electron chi connectivity index (χ0n) is 10.8.